The third kappa shape index (κ3) is 9.76. The van der Waals surface area contributed by atoms with Crippen molar-refractivity contribution in [3.8, 4) is 0 Å². The summed E-state index contributed by atoms with van der Waals surface area (Å²) in [7, 11) is 1.32. The number of aryl methyl sites for hydroxylation is 2. The zero-order chi connectivity index (χ0) is 24.1. The number of esters is 1. The molecule has 2 aromatic carbocycles. The molecule has 0 spiro atoms. The van der Waals surface area contributed by atoms with Gasteiger partial charge in [0.1, 0.15) is 12.6 Å². The molecule has 2 N–H and O–H groups in total. The molecule has 0 aliphatic carbocycles. The summed E-state index contributed by atoms with van der Waals surface area (Å²) in [4.78, 5) is 36.2. The van der Waals surface area contributed by atoms with Gasteiger partial charge in [-0.1, -0.05) is 55.0 Å². The fourth-order valence-electron chi connectivity index (χ4n) is 3.32. The molecule has 1 atom stereocenters. The minimum atomic E-state index is -0.717. The summed E-state index contributed by atoms with van der Waals surface area (Å²) in [5.41, 5.74) is 4.22. The van der Waals surface area contributed by atoms with Gasteiger partial charge in [0.2, 0.25) is 5.91 Å². The van der Waals surface area contributed by atoms with Gasteiger partial charge in [0.15, 0.2) is 0 Å². The number of carbonyl (C=O) groups excluding carboxylic acids is 3. The van der Waals surface area contributed by atoms with E-state index < -0.39 is 18.1 Å². The lowest BCUT2D eigenvalue weighted by Gasteiger charge is -2.17. The van der Waals surface area contributed by atoms with Crippen molar-refractivity contribution in [1.82, 2.24) is 10.6 Å². The maximum atomic E-state index is 12.3. The first-order chi connectivity index (χ1) is 15.9. The molecule has 178 valence electrons. The Bertz CT molecular complexity index is 914. The lowest BCUT2D eigenvalue weighted by Crippen LogP contribution is -2.43. The van der Waals surface area contributed by atoms with E-state index in [4.69, 9.17) is 9.47 Å². The van der Waals surface area contributed by atoms with E-state index in [1.54, 1.807) is 0 Å². The lowest BCUT2D eigenvalue weighted by molar-refractivity contribution is -0.145. The molecule has 0 fully saturated rings. The van der Waals surface area contributed by atoms with Crippen LogP contribution in [0.2, 0.25) is 0 Å². The van der Waals surface area contributed by atoms with Gasteiger partial charge in [0.25, 0.3) is 0 Å². The number of amides is 2. The molecule has 2 amide bonds. The Hall–Kier alpha value is -3.35. The van der Waals surface area contributed by atoms with Gasteiger partial charge in [0, 0.05) is 19.4 Å². The molecule has 2 aromatic rings. The molecule has 2 rings (SSSR count). The van der Waals surface area contributed by atoms with Crippen molar-refractivity contribution in [3.05, 3.63) is 70.8 Å². The number of methoxy groups -OCH3 is 1. The number of alkyl carbamates (subject to hydrolysis) is 1. The van der Waals surface area contributed by atoms with E-state index in [-0.39, 0.29) is 12.5 Å². The van der Waals surface area contributed by atoms with Gasteiger partial charge in [-0.15, -0.1) is 0 Å². The smallest absolute Gasteiger partial charge is 0.407 e. The number of benzene rings is 2. The molecule has 0 heterocycles. The lowest BCUT2D eigenvalue weighted by atomic mass is 10.0. The Balaban J connectivity index is 1.64. The molecule has 0 radical (unpaired) electrons. The van der Waals surface area contributed by atoms with Gasteiger partial charge in [-0.05, 0) is 48.9 Å². The third-order valence-corrected chi connectivity index (χ3v) is 5.39. The van der Waals surface area contributed by atoms with Crippen molar-refractivity contribution >= 4 is 18.0 Å². The fraction of sp³-hybridized carbons (Fsp3) is 0.423. The summed E-state index contributed by atoms with van der Waals surface area (Å²) in [5.74, 6) is -0.649. The second kappa shape index (κ2) is 13.9. The molecular formula is C26H34N2O5. The monoisotopic (exact) mass is 454 g/mol. The normalized spacial score (nSPS) is 11.4. The summed E-state index contributed by atoms with van der Waals surface area (Å²) in [6.07, 6.45) is 2.39. The molecule has 0 aliphatic rings. The highest BCUT2D eigenvalue weighted by Gasteiger charge is 2.22. The van der Waals surface area contributed by atoms with Crippen molar-refractivity contribution in [3.63, 3.8) is 0 Å². The van der Waals surface area contributed by atoms with Crippen LogP contribution < -0.4 is 10.6 Å². The van der Waals surface area contributed by atoms with Crippen molar-refractivity contribution in [1.29, 1.82) is 0 Å². The molecule has 0 aliphatic heterocycles. The van der Waals surface area contributed by atoms with Gasteiger partial charge < -0.3 is 20.1 Å². The van der Waals surface area contributed by atoms with Crippen molar-refractivity contribution in [2.24, 2.45) is 0 Å². The van der Waals surface area contributed by atoms with Crippen LogP contribution in [0.15, 0.2) is 48.5 Å². The Labute approximate surface area is 195 Å². The Kier molecular flexibility index (Phi) is 10.9. The van der Waals surface area contributed by atoms with Crippen molar-refractivity contribution in [2.75, 3.05) is 13.7 Å². The molecule has 7 heteroatoms. The summed E-state index contributed by atoms with van der Waals surface area (Å²) < 4.78 is 10.0. The van der Waals surface area contributed by atoms with E-state index in [0.29, 0.717) is 25.8 Å². The predicted molar refractivity (Wildman–Crippen MR) is 127 cm³/mol. The van der Waals surface area contributed by atoms with Crippen LogP contribution in [0.4, 0.5) is 4.79 Å². The van der Waals surface area contributed by atoms with Crippen molar-refractivity contribution < 1.29 is 23.9 Å². The van der Waals surface area contributed by atoms with Crippen LogP contribution in [-0.2, 0) is 32.1 Å². The van der Waals surface area contributed by atoms with Gasteiger partial charge in [-0.25, -0.2) is 9.59 Å². The number of ether oxygens (including phenoxy) is 2. The standard InChI is InChI=1S/C26H34N2O5/c1-19-13-14-22(16-20(19)2)17-23(25(30)32-3)28-24(29)12-8-5-9-15-27-26(31)33-18-21-10-6-4-7-11-21/h4,6-7,10-11,13-14,16,23H,5,8-9,12,15,17-18H2,1-3H3,(H,27,31)(H,28,29)/t23-/m1/s1. The van der Waals surface area contributed by atoms with Crippen LogP contribution in [0, 0.1) is 13.8 Å². The van der Waals surface area contributed by atoms with E-state index in [1.165, 1.54) is 12.7 Å². The average Bonchev–Trinajstić information content (AvgIpc) is 2.82. The van der Waals surface area contributed by atoms with Gasteiger partial charge in [-0.3, -0.25) is 4.79 Å². The average molecular weight is 455 g/mol. The topological polar surface area (TPSA) is 93.7 Å². The zero-order valence-corrected chi connectivity index (χ0v) is 19.7. The minimum Gasteiger partial charge on any atom is -0.467 e. The second-order valence-corrected chi connectivity index (χ2v) is 8.07. The summed E-state index contributed by atoms with van der Waals surface area (Å²) in [6.45, 7) is 4.76. The number of nitrogens with one attached hydrogen (secondary N) is 2. The van der Waals surface area contributed by atoms with E-state index in [2.05, 4.69) is 10.6 Å². The van der Waals surface area contributed by atoms with Gasteiger partial charge in [-0.2, -0.15) is 0 Å². The first-order valence-corrected chi connectivity index (χ1v) is 11.3. The zero-order valence-electron chi connectivity index (χ0n) is 19.7. The molecule has 0 saturated heterocycles. The molecule has 0 saturated carbocycles. The molecule has 0 aromatic heterocycles. The number of hydrogen-bond acceptors (Lipinski definition) is 5. The predicted octanol–water partition coefficient (Wildman–Crippen LogP) is 3.99. The molecule has 7 nitrogen and oxygen atoms in total. The first kappa shape index (κ1) is 25.9. The molecular weight excluding hydrogens is 420 g/mol. The van der Waals surface area contributed by atoms with Crippen molar-refractivity contribution in [2.45, 2.75) is 58.6 Å². The molecule has 33 heavy (non-hydrogen) atoms. The van der Waals surface area contributed by atoms with Crippen LogP contribution in [-0.4, -0.2) is 37.7 Å². The summed E-state index contributed by atoms with van der Waals surface area (Å²) >= 11 is 0. The van der Waals surface area contributed by atoms with E-state index in [1.807, 2.05) is 62.4 Å². The van der Waals surface area contributed by atoms with Crippen LogP contribution in [0.1, 0.15) is 47.9 Å². The first-order valence-electron chi connectivity index (χ1n) is 11.3. The highest BCUT2D eigenvalue weighted by molar-refractivity contribution is 5.84. The van der Waals surface area contributed by atoms with Crippen LogP contribution in [0.3, 0.4) is 0 Å². The van der Waals surface area contributed by atoms with Gasteiger partial charge >= 0.3 is 12.1 Å². The van der Waals surface area contributed by atoms with E-state index in [9.17, 15) is 14.4 Å². The summed E-state index contributed by atoms with van der Waals surface area (Å²) in [5, 5.41) is 5.50. The van der Waals surface area contributed by atoms with E-state index in [0.717, 1.165) is 29.5 Å². The Morgan fingerprint density at radius 2 is 1.67 bits per heavy atom. The van der Waals surface area contributed by atoms with Crippen LogP contribution in [0.25, 0.3) is 0 Å². The summed E-state index contributed by atoms with van der Waals surface area (Å²) in [6, 6.07) is 14.8. The highest BCUT2D eigenvalue weighted by atomic mass is 16.5. The number of hydrogen-bond donors (Lipinski definition) is 2. The maximum absolute atomic E-state index is 12.3. The minimum absolute atomic E-state index is 0.190. The van der Waals surface area contributed by atoms with Crippen LogP contribution >= 0.6 is 0 Å². The fourth-order valence-corrected chi connectivity index (χ4v) is 3.32. The number of carbonyl (C=O) groups is 3. The Morgan fingerprint density at radius 3 is 2.36 bits per heavy atom. The highest BCUT2D eigenvalue weighted by Crippen LogP contribution is 2.12. The molecule has 0 bridgehead atoms. The van der Waals surface area contributed by atoms with E-state index >= 15 is 0 Å². The van der Waals surface area contributed by atoms with Crippen LogP contribution in [0.5, 0.6) is 0 Å². The van der Waals surface area contributed by atoms with Gasteiger partial charge in [0.05, 0.1) is 7.11 Å². The molecule has 0 unspecified atom stereocenters. The Morgan fingerprint density at radius 1 is 0.909 bits per heavy atom. The number of rotatable bonds is 12. The quantitative estimate of drug-likeness (QED) is 0.374. The SMILES string of the molecule is COC(=O)[C@@H](Cc1ccc(C)c(C)c1)NC(=O)CCCCCNC(=O)OCc1ccccc1. The maximum Gasteiger partial charge on any atom is 0.407 e. The second-order valence-electron chi connectivity index (χ2n) is 8.07. The third-order valence-electron chi connectivity index (χ3n) is 5.39. The number of unbranched alkanes of at least 4 members (excludes halogenated alkanes) is 2. The largest absolute Gasteiger partial charge is 0.467 e.